The largest absolute Gasteiger partial charge is 0.488 e. The van der Waals surface area contributed by atoms with E-state index < -0.39 is 0 Å². The topological polar surface area (TPSA) is 41.9 Å². The molecule has 1 aliphatic carbocycles. The number of amidine groups is 1. The Hall–Kier alpha value is -2.90. The lowest BCUT2D eigenvalue weighted by atomic mass is 9.94. The average molecular weight is 566 g/mol. The molecule has 0 bridgehead atoms. The van der Waals surface area contributed by atoms with Crippen LogP contribution in [0.3, 0.4) is 0 Å². The lowest BCUT2D eigenvalue weighted by Gasteiger charge is -2.30. The van der Waals surface area contributed by atoms with Gasteiger partial charge < -0.3 is 4.74 Å². The second kappa shape index (κ2) is 11.4. The molecule has 1 saturated carbocycles. The van der Waals surface area contributed by atoms with Gasteiger partial charge in [-0.2, -0.15) is 0 Å². The van der Waals surface area contributed by atoms with Crippen LogP contribution in [0.2, 0.25) is 0 Å². The number of carbonyl (C=O) groups excluding carboxylic acids is 1. The highest BCUT2D eigenvalue weighted by molar-refractivity contribution is 9.10. The van der Waals surface area contributed by atoms with E-state index in [0.29, 0.717) is 16.2 Å². The molecule has 184 valence electrons. The number of benzene rings is 3. The molecule has 0 unspecified atom stereocenters. The summed E-state index contributed by atoms with van der Waals surface area (Å²) in [5.74, 6) is 0.334. The van der Waals surface area contributed by atoms with Crippen molar-refractivity contribution in [1.82, 2.24) is 4.90 Å². The van der Waals surface area contributed by atoms with Crippen LogP contribution in [0.25, 0.3) is 6.08 Å². The number of amides is 1. The van der Waals surface area contributed by atoms with Gasteiger partial charge in [-0.15, -0.1) is 0 Å². The van der Waals surface area contributed by atoms with E-state index in [1.54, 1.807) is 18.2 Å². The van der Waals surface area contributed by atoms with E-state index in [-0.39, 0.29) is 24.4 Å². The lowest BCUT2D eigenvalue weighted by Crippen LogP contribution is -2.40. The van der Waals surface area contributed by atoms with Gasteiger partial charge in [0.1, 0.15) is 18.2 Å². The predicted molar refractivity (Wildman–Crippen MR) is 148 cm³/mol. The first-order chi connectivity index (χ1) is 17.6. The van der Waals surface area contributed by atoms with E-state index in [1.807, 2.05) is 59.5 Å². The zero-order valence-corrected chi connectivity index (χ0v) is 22.1. The number of rotatable bonds is 6. The highest BCUT2D eigenvalue weighted by atomic mass is 79.9. The third-order valence-electron chi connectivity index (χ3n) is 6.35. The van der Waals surface area contributed by atoms with Crippen molar-refractivity contribution < 1.29 is 13.9 Å². The van der Waals surface area contributed by atoms with Crippen LogP contribution in [0.4, 0.5) is 10.1 Å². The van der Waals surface area contributed by atoms with Gasteiger partial charge in [0.05, 0.1) is 15.1 Å². The van der Waals surface area contributed by atoms with Crippen molar-refractivity contribution in [3.05, 3.63) is 99.1 Å². The van der Waals surface area contributed by atoms with Crippen LogP contribution in [-0.2, 0) is 11.4 Å². The highest BCUT2D eigenvalue weighted by Crippen LogP contribution is 2.39. The molecular weight excluding hydrogens is 539 g/mol. The minimum atomic E-state index is -0.290. The molecule has 36 heavy (non-hydrogen) atoms. The summed E-state index contributed by atoms with van der Waals surface area (Å²) in [5, 5.41) is 0.744. The van der Waals surface area contributed by atoms with Gasteiger partial charge in [-0.25, -0.2) is 9.38 Å². The molecule has 0 spiro atoms. The molecular formula is C29H26BrFN2O2S. The Bertz CT molecular complexity index is 1310. The average Bonchev–Trinajstić information content (AvgIpc) is 3.19. The van der Waals surface area contributed by atoms with Gasteiger partial charge in [-0.3, -0.25) is 9.69 Å². The Balaban J connectivity index is 1.37. The number of hydrogen-bond donors (Lipinski definition) is 0. The molecule has 1 aliphatic heterocycles. The maximum absolute atomic E-state index is 13.9. The Kier molecular flexibility index (Phi) is 7.87. The maximum Gasteiger partial charge on any atom is 0.267 e. The molecule has 5 rings (SSSR count). The van der Waals surface area contributed by atoms with E-state index in [4.69, 9.17) is 9.73 Å². The van der Waals surface area contributed by atoms with E-state index in [1.165, 1.54) is 24.2 Å². The molecule has 3 aromatic carbocycles. The first kappa shape index (κ1) is 24.8. The Morgan fingerprint density at radius 1 is 1.03 bits per heavy atom. The van der Waals surface area contributed by atoms with Crippen LogP contribution in [-0.4, -0.2) is 22.0 Å². The molecule has 0 atom stereocenters. The fraction of sp³-hybridized carbons (Fsp3) is 0.241. The molecule has 0 radical (unpaired) electrons. The first-order valence-electron chi connectivity index (χ1n) is 12.1. The lowest BCUT2D eigenvalue weighted by molar-refractivity contribution is -0.124. The summed E-state index contributed by atoms with van der Waals surface area (Å²) in [4.78, 5) is 20.9. The normalized spacial score (nSPS) is 18.8. The number of halogens is 2. The van der Waals surface area contributed by atoms with E-state index in [9.17, 15) is 9.18 Å². The van der Waals surface area contributed by atoms with Crippen molar-refractivity contribution in [2.24, 2.45) is 4.99 Å². The summed E-state index contributed by atoms with van der Waals surface area (Å²) in [6.07, 6.45) is 7.41. The Labute approximate surface area is 223 Å². The smallest absolute Gasteiger partial charge is 0.267 e. The number of nitrogens with zero attached hydrogens (tertiary/aromatic N) is 2. The van der Waals surface area contributed by atoms with Gasteiger partial charge in [0, 0.05) is 11.6 Å². The summed E-state index contributed by atoms with van der Waals surface area (Å²) in [7, 11) is 0. The van der Waals surface area contributed by atoms with Crippen molar-refractivity contribution >= 4 is 50.5 Å². The molecule has 7 heteroatoms. The van der Waals surface area contributed by atoms with E-state index in [0.717, 1.165) is 46.6 Å². The van der Waals surface area contributed by atoms with Crippen LogP contribution in [0, 0.1) is 5.82 Å². The van der Waals surface area contributed by atoms with Gasteiger partial charge >= 0.3 is 0 Å². The van der Waals surface area contributed by atoms with Crippen LogP contribution in [0.1, 0.15) is 43.2 Å². The molecule has 1 amide bonds. The highest BCUT2D eigenvalue weighted by Gasteiger charge is 2.38. The molecule has 1 saturated heterocycles. The summed E-state index contributed by atoms with van der Waals surface area (Å²) in [5.41, 5.74) is 2.21. The Morgan fingerprint density at radius 2 is 1.78 bits per heavy atom. The zero-order valence-electron chi connectivity index (χ0n) is 19.7. The zero-order chi connectivity index (χ0) is 24.9. The Morgan fingerprint density at radius 3 is 2.53 bits per heavy atom. The summed E-state index contributed by atoms with van der Waals surface area (Å²) < 4.78 is 20.5. The van der Waals surface area contributed by atoms with Crippen molar-refractivity contribution in [3.8, 4) is 5.75 Å². The van der Waals surface area contributed by atoms with Crippen LogP contribution >= 0.6 is 27.7 Å². The number of ether oxygens (including phenoxy) is 1. The van der Waals surface area contributed by atoms with Crippen molar-refractivity contribution in [1.29, 1.82) is 0 Å². The fourth-order valence-electron chi connectivity index (χ4n) is 4.49. The number of thioether (sulfide) groups is 1. The van der Waals surface area contributed by atoms with Crippen molar-refractivity contribution in [2.45, 2.75) is 44.8 Å². The molecule has 2 fully saturated rings. The van der Waals surface area contributed by atoms with Gasteiger partial charge in [0.25, 0.3) is 5.91 Å². The molecule has 0 N–H and O–H groups in total. The van der Waals surface area contributed by atoms with Crippen LogP contribution in [0.5, 0.6) is 5.75 Å². The second-order valence-electron chi connectivity index (χ2n) is 8.88. The van der Waals surface area contributed by atoms with E-state index in [2.05, 4.69) is 15.9 Å². The number of para-hydroxylation sites is 1. The maximum atomic E-state index is 13.9. The molecule has 1 heterocycles. The number of carbonyl (C=O) groups is 1. The third-order valence-corrected chi connectivity index (χ3v) is 7.96. The standard InChI is InChI=1S/C29H26BrFN2O2S/c30-24-17-20(15-16-26(24)35-19-21-9-7-8-14-25(21)31)18-27-28(34)33(23-12-5-2-6-13-23)29(36-27)32-22-10-3-1-4-11-22/h1,3-4,7-11,14-18,23H,2,5-6,12-13,19H2/b27-18-,32-29?. The van der Waals surface area contributed by atoms with Crippen LogP contribution < -0.4 is 4.74 Å². The van der Waals surface area contributed by atoms with E-state index >= 15 is 0 Å². The third kappa shape index (κ3) is 5.73. The van der Waals surface area contributed by atoms with Gasteiger partial charge in [0.15, 0.2) is 5.17 Å². The van der Waals surface area contributed by atoms with Gasteiger partial charge in [-0.1, -0.05) is 61.7 Å². The summed E-state index contributed by atoms with van der Waals surface area (Å²) in [6, 6.07) is 22.2. The predicted octanol–water partition coefficient (Wildman–Crippen LogP) is 8.10. The summed E-state index contributed by atoms with van der Waals surface area (Å²) >= 11 is 4.99. The van der Waals surface area contributed by atoms with Gasteiger partial charge in [-0.05, 0) is 82.5 Å². The molecule has 3 aromatic rings. The SMILES string of the molecule is O=C1/C(=C/c2ccc(OCc3ccccc3F)c(Br)c2)SC(=Nc2ccccc2)N1C1CCCCC1. The quantitative estimate of drug-likeness (QED) is 0.284. The fourth-order valence-corrected chi connectivity index (χ4v) is 6.05. The minimum absolute atomic E-state index is 0.0117. The second-order valence-corrected chi connectivity index (χ2v) is 10.7. The van der Waals surface area contributed by atoms with Crippen LogP contribution in [0.15, 0.2) is 87.2 Å². The monoisotopic (exact) mass is 564 g/mol. The minimum Gasteiger partial charge on any atom is -0.488 e. The summed E-state index contributed by atoms with van der Waals surface area (Å²) in [6.45, 7) is 0.135. The number of hydrogen-bond acceptors (Lipinski definition) is 4. The molecule has 4 nitrogen and oxygen atoms in total. The molecule has 2 aliphatic rings. The first-order valence-corrected chi connectivity index (χ1v) is 13.7. The van der Waals surface area contributed by atoms with Gasteiger partial charge in [0.2, 0.25) is 0 Å². The number of aliphatic imine (C=N–C) groups is 1. The van der Waals surface area contributed by atoms with Crippen molar-refractivity contribution in [2.75, 3.05) is 0 Å². The van der Waals surface area contributed by atoms with Crippen molar-refractivity contribution in [3.63, 3.8) is 0 Å². The molecule has 0 aromatic heterocycles.